The van der Waals surface area contributed by atoms with Crippen molar-refractivity contribution in [2.24, 2.45) is 0 Å². The number of phenolic OH excluding ortho intramolecular Hbond substituents is 2. The number of nitrogens with zero attached hydrogens (tertiary/aromatic N) is 2. The summed E-state index contributed by atoms with van der Waals surface area (Å²) in [6.07, 6.45) is 4.96. The number of aromatic hydroxyl groups is 2. The zero-order valence-corrected chi connectivity index (χ0v) is 23.0. The summed E-state index contributed by atoms with van der Waals surface area (Å²) in [5.41, 5.74) is 1.37. The van der Waals surface area contributed by atoms with E-state index in [4.69, 9.17) is 4.74 Å². The van der Waals surface area contributed by atoms with E-state index in [2.05, 4.69) is 0 Å². The number of aryl methyl sites for hydroxylation is 1. The number of ether oxygens (including phenoxy) is 1. The Hall–Kier alpha value is -4.90. The molecule has 0 saturated carbocycles. The first-order valence-corrected chi connectivity index (χ1v) is 12.4. The van der Waals surface area contributed by atoms with Crippen LogP contribution in [0.25, 0.3) is 0 Å². The van der Waals surface area contributed by atoms with Gasteiger partial charge in [-0.05, 0) is 48.7 Å². The summed E-state index contributed by atoms with van der Waals surface area (Å²) in [6.45, 7) is 0.655. The van der Waals surface area contributed by atoms with Crippen LogP contribution in [0.4, 0.5) is 5.69 Å². The largest absolute Gasteiger partial charge is 1.00 e. The van der Waals surface area contributed by atoms with Crippen LogP contribution in [-0.2, 0) is 17.7 Å². The first kappa shape index (κ1) is 29.1. The number of nitro benzene ring substituents is 1. The standard InChI is InChI=1S/C30H22N2O8.BrH/c33-24-5-1-4-22-26(24)29(36)27-23(28(22)35)15-20(16-25(27)34)30(37)40-14-2-3-18-10-12-31(13-11-18)17-19-6-8-21(9-7-19)32(38)39;/h1,4-13,15-16H,2-3,14,17H2,(H-,33,34,36);1H. The van der Waals surface area contributed by atoms with Gasteiger partial charge in [0.1, 0.15) is 11.5 Å². The van der Waals surface area contributed by atoms with Gasteiger partial charge >= 0.3 is 5.97 Å². The molecule has 0 bridgehead atoms. The predicted octanol–water partition coefficient (Wildman–Crippen LogP) is 0.911. The molecule has 0 aliphatic heterocycles. The van der Waals surface area contributed by atoms with Gasteiger partial charge in [-0.3, -0.25) is 19.7 Å². The van der Waals surface area contributed by atoms with Crippen molar-refractivity contribution in [3.05, 3.63) is 128 Å². The molecule has 5 rings (SSSR count). The maximum absolute atomic E-state index is 13.0. The summed E-state index contributed by atoms with van der Waals surface area (Å²) < 4.78 is 7.28. The molecule has 1 aromatic heterocycles. The molecule has 3 aromatic carbocycles. The smallest absolute Gasteiger partial charge is 0.338 e. The molecule has 0 saturated heterocycles. The number of hydrogen-bond acceptors (Lipinski definition) is 8. The second kappa shape index (κ2) is 12.1. The highest BCUT2D eigenvalue weighted by molar-refractivity contribution is 6.30. The minimum absolute atomic E-state index is 0. The molecular formula is C30H23BrN2O8. The Balaban J connectivity index is 0.00000387. The van der Waals surface area contributed by atoms with Crippen LogP contribution in [0, 0.1) is 10.1 Å². The highest BCUT2D eigenvalue weighted by Gasteiger charge is 2.35. The quantitative estimate of drug-likeness (QED) is 0.0857. The van der Waals surface area contributed by atoms with E-state index >= 15 is 0 Å². The van der Waals surface area contributed by atoms with Gasteiger partial charge in [-0.15, -0.1) is 0 Å². The number of nitro groups is 1. The number of halogens is 1. The predicted molar refractivity (Wildman–Crippen MR) is 141 cm³/mol. The average Bonchev–Trinajstić information content (AvgIpc) is 2.94. The van der Waals surface area contributed by atoms with Gasteiger partial charge in [0.05, 0.1) is 28.2 Å². The second-order valence-corrected chi connectivity index (χ2v) is 9.32. The summed E-state index contributed by atoms with van der Waals surface area (Å²) in [7, 11) is 0. The van der Waals surface area contributed by atoms with Gasteiger partial charge < -0.3 is 31.9 Å². The van der Waals surface area contributed by atoms with Gasteiger partial charge in [0.25, 0.3) is 5.69 Å². The number of non-ortho nitro benzene ring substituents is 1. The molecule has 0 radical (unpaired) electrons. The van der Waals surface area contributed by atoms with Gasteiger partial charge in [0.15, 0.2) is 24.7 Å². The number of hydrogen-bond donors (Lipinski definition) is 2. The molecule has 208 valence electrons. The molecular weight excluding hydrogens is 596 g/mol. The van der Waals surface area contributed by atoms with E-state index in [-0.39, 0.29) is 62.8 Å². The van der Waals surface area contributed by atoms with Crippen LogP contribution in [0.2, 0.25) is 0 Å². The summed E-state index contributed by atoms with van der Waals surface area (Å²) in [4.78, 5) is 48.8. The Morgan fingerprint density at radius 2 is 1.54 bits per heavy atom. The van der Waals surface area contributed by atoms with Gasteiger partial charge in [0, 0.05) is 41.0 Å². The van der Waals surface area contributed by atoms with E-state index in [1.165, 1.54) is 36.4 Å². The third-order valence-corrected chi connectivity index (χ3v) is 6.65. The molecule has 2 N–H and O–H groups in total. The maximum atomic E-state index is 13.0. The van der Waals surface area contributed by atoms with E-state index in [0.717, 1.165) is 17.2 Å². The van der Waals surface area contributed by atoms with E-state index in [1.807, 2.05) is 29.1 Å². The number of carbonyl (C=O) groups is 3. The van der Waals surface area contributed by atoms with Crippen LogP contribution < -0.4 is 21.5 Å². The molecule has 1 heterocycles. The Morgan fingerprint density at radius 3 is 2.22 bits per heavy atom. The van der Waals surface area contributed by atoms with Crippen LogP contribution in [0.1, 0.15) is 59.7 Å². The van der Waals surface area contributed by atoms with E-state index < -0.39 is 28.2 Å². The third kappa shape index (κ3) is 5.99. The van der Waals surface area contributed by atoms with Crippen molar-refractivity contribution in [2.45, 2.75) is 19.4 Å². The fourth-order valence-electron chi connectivity index (χ4n) is 4.62. The number of carbonyl (C=O) groups excluding carboxylic acids is 3. The molecule has 41 heavy (non-hydrogen) atoms. The Kier molecular flexibility index (Phi) is 8.58. The van der Waals surface area contributed by atoms with E-state index in [9.17, 15) is 34.7 Å². The first-order valence-electron chi connectivity index (χ1n) is 12.4. The van der Waals surface area contributed by atoms with Crippen molar-refractivity contribution in [1.82, 2.24) is 0 Å². The number of esters is 1. The third-order valence-electron chi connectivity index (χ3n) is 6.65. The SMILES string of the molecule is O=C(OCCCc1cc[n+](Cc2ccc([N+](=O)[O-])cc2)cc1)c1cc(O)c2c(c1)C(=O)c1cccc(O)c1C2=O.[Br-]. The monoisotopic (exact) mass is 618 g/mol. The minimum atomic E-state index is -0.742. The van der Waals surface area contributed by atoms with Crippen molar-refractivity contribution in [2.75, 3.05) is 6.61 Å². The van der Waals surface area contributed by atoms with Crippen LogP contribution in [0.15, 0.2) is 79.1 Å². The van der Waals surface area contributed by atoms with E-state index in [1.54, 1.807) is 12.1 Å². The number of benzene rings is 3. The van der Waals surface area contributed by atoms with Crippen molar-refractivity contribution in [3.63, 3.8) is 0 Å². The lowest BCUT2D eigenvalue weighted by atomic mass is 9.82. The van der Waals surface area contributed by atoms with Gasteiger partial charge in [-0.25, -0.2) is 9.36 Å². The molecule has 1 aliphatic carbocycles. The zero-order valence-electron chi connectivity index (χ0n) is 21.5. The molecule has 0 atom stereocenters. The average molecular weight is 619 g/mol. The lowest BCUT2D eigenvalue weighted by Crippen LogP contribution is -3.00. The number of phenols is 2. The van der Waals surface area contributed by atoms with Crippen molar-refractivity contribution >= 4 is 23.2 Å². The van der Waals surface area contributed by atoms with Crippen LogP contribution in [0.3, 0.4) is 0 Å². The molecule has 0 spiro atoms. The Morgan fingerprint density at radius 1 is 0.854 bits per heavy atom. The molecule has 4 aromatic rings. The number of aromatic nitrogens is 1. The number of fused-ring (bicyclic) bond motifs is 2. The molecule has 1 aliphatic rings. The fraction of sp³-hybridized carbons (Fsp3) is 0.133. The Bertz CT molecular complexity index is 1670. The molecule has 11 heteroatoms. The second-order valence-electron chi connectivity index (χ2n) is 9.32. The normalized spacial score (nSPS) is 11.7. The highest BCUT2D eigenvalue weighted by Crippen LogP contribution is 2.37. The number of pyridine rings is 1. The number of ketones is 2. The van der Waals surface area contributed by atoms with Crippen LogP contribution in [-0.4, -0.2) is 39.3 Å². The van der Waals surface area contributed by atoms with Gasteiger partial charge in [-0.2, -0.15) is 0 Å². The van der Waals surface area contributed by atoms with Crippen molar-refractivity contribution < 1.29 is 55.8 Å². The van der Waals surface area contributed by atoms with Crippen LogP contribution >= 0.6 is 0 Å². The Labute approximate surface area is 244 Å². The summed E-state index contributed by atoms with van der Waals surface area (Å²) in [5, 5.41) is 31.3. The van der Waals surface area contributed by atoms with Gasteiger partial charge in [0.2, 0.25) is 5.78 Å². The molecule has 0 amide bonds. The van der Waals surface area contributed by atoms with E-state index in [0.29, 0.717) is 19.4 Å². The van der Waals surface area contributed by atoms with Crippen molar-refractivity contribution in [1.29, 1.82) is 0 Å². The number of rotatable bonds is 8. The molecule has 0 unspecified atom stereocenters. The molecule has 10 nitrogen and oxygen atoms in total. The van der Waals surface area contributed by atoms with Crippen LogP contribution in [0.5, 0.6) is 11.5 Å². The minimum Gasteiger partial charge on any atom is -1.00 e. The topological polar surface area (TPSA) is 148 Å². The fourth-order valence-corrected chi connectivity index (χ4v) is 4.62. The lowest BCUT2D eigenvalue weighted by Gasteiger charge is -2.19. The maximum Gasteiger partial charge on any atom is 0.338 e. The highest BCUT2D eigenvalue weighted by atomic mass is 79.9. The molecule has 0 fully saturated rings. The summed E-state index contributed by atoms with van der Waals surface area (Å²) >= 11 is 0. The lowest BCUT2D eigenvalue weighted by molar-refractivity contribution is -0.688. The zero-order chi connectivity index (χ0) is 28.4. The van der Waals surface area contributed by atoms with Crippen molar-refractivity contribution in [3.8, 4) is 11.5 Å². The first-order chi connectivity index (χ1) is 19.2. The summed E-state index contributed by atoms with van der Waals surface area (Å²) in [6, 6.07) is 16.7. The van der Waals surface area contributed by atoms with Gasteiger partial charge in [-0.1, -0.05) is 12.1 Å². The summed E-state index contributed by atoms with van der Waals surface area (Å²) in [5.74, 6) is -2.92.